The fourth-order valence-corrected chi connectivity index (χ4v) is 0.657. The van der Waals surface area contributed by atoms with Gasteiger partial charge in [-0.2, -0.15) is 35.9 Å². The monoisotopic (exact) mass is 208 g/mol. The molecule has 0 aliphatic carbocycles. The largest absolute Gasteiger partial charge is 1.00 e. The van der Waals surface area contributed by atoms with Gasteiger partial charge in [-0.1, -0.05) is 13.3 Å². The van der Waals surface area contributed by atoms with Crippen LogP contribution in [0.15, 0.2) is 24.3 Å². The molecule has 66 valence electrons. The molecular formula is C8H9NaO3S. The Morgan fingerprint density at radius 3 is 1.85 bits per heavy atom. The van der Waals surface area contributed by atoms with E-state index in [1.807, 2.05) is 12.1 Å². The zero-order chi connectivity index (χ0) is 9.40. The fourth-order valence-electron chi connectivity index (χ4n) is 0.657. The fraction of sp³-hybridized carbons (Fsp3) is 0.250. The second-order valence-corrected chi connectivity index (χ2v) is 2.37. The second-order valence-electron chi connectivity index (χ2n) is 1.97. The molecule has 0 heterocycles. The Morgan fingerprint density at radius 2 is 1.62 bits per heavy atom. The Morgan fingerprint density at radius 1 is 1.23 bits per heavy atom. The molecular weight excluding hydrogens is 199 g/mol. The predicted octanol–water partition coefficient (Wildman–Crippen LogP) is -1.95. The van der Waals surface area contributed by atoms with Crippen LogP contribution < -0.4 is 29.6 Å². The minimum Gasteiger partial charge on any atom is -0.184 e. The summed E-state index contributed by atoms with van der Waals surface area (Å²) in [5.74, 6) is 0. The summed E-state index contributed by atoms with van der Waals surface area (Å²) in [5, 5.41) is 0. The summed E-state index contributed by atoms with van der Waals surface area (Å²) < 4.78 is 25.3. The normalized spacial score (nSPS) is 7.46. The van der Waals surface area contributed by atoms with E-state index >= 15 is 0 Å². The van der Waals surface area contributed by atoms with Gasteiger partial charge in [0.25, 0.3) is 0 Å². The predicted molar refractivity (Wildman–Crippen MR) is 44.4 cm³/mol. The molecule has 0 fully saturated rings. The quantitative estimate of drug-likeness (QED) is 0.398. The third kappa shape index (κ3) is 11.8. The smallest absolute Gasteiger partial charge is 0.184 e. The van der Waals surface area contributed by atoms with Crippen LogP contribution in [-0.2, 0) is 17.0 Å². The van der Waals surface area contributed by atoms with Crippen LogP contribution in [0.4, 0.5) is 0 Å². The van der Waals surface area contributed by atoms with E-state index in [1.165, 1.54) is 5.56 Å². The van der Waals surface area contributed by atoms with E-state index < -0.39 is 10.6 Å². The standard InChI is InChI=1S/C8H9.Na.O3S/c1-2-8-6-4-3-5-7-8;;1-4(2)3/h4-7H,2H2,1H3;;/q-1;+1;. The number of benzene rings is 1. The van der Waals surface area contributed by atoms with Gasteiger partial charge in [-0.3, -0.25) is 0 Å². The van der Waals surface area contributed by atoms with E-state index in [0.717, 1.165) is 6.42 Å². The molecule has 0 bridgehead atoms. The first-order valence-electron chi connectivity index (χ1n) is 3.38. The first-order valence-corrected chi connectivity index (χ1v) is 4.38. The van der Waals surface area contributed by atoms with Crippen molar-refractivity contribution in [2.75, 3.05) is 0 Å². The zero-order valence-electron chi connectivity index (χ0n) is 7.65. The third-order valence-corrected chi connectivity index (χ3v) is 1.20. The van der Waals surface area contributed by atoms with E-state index in [1.54, 1.807) is 0 Å². The average Bonchev–Trinajstić information content (AvgIpc) is 2.05. The third-order valence-electron chi connectivity index (χ3n) is 1.20. The molecule has 0 aromatic heterocycles. The van der Waals surface area contributed by atoms with Crippen molar-refractivity contribution in [3.63, 3.8) is 0 Å². The maximum Gasteiger partial charge on any atom is 1.00 e. The molecule has 0 aliphatic rings. The van der Waals surface area contributed by atoms with E-state index in [9.17, 15) is 0 Å². The Labute approximate surface area is 102 Å². The van der Waals surface area contributed by atoms with Crippen molar-refractivity contribution in [3.8, 4) is 0 Å². The molecule has 0 spiro atoms. The van der Waals surface area contributed by atoms with Crippen LogP contribution in [-0.4, -0.2) is 12.6 Å². The molecule has 0 saturated heterocycles. The average molecular weight is 208 g/mol. The van der Waals surface area contributed by atoms with Gasteiger partial charge in [0.15, 0.2) is 0 Å². The van der Waals surface area contributed by atoms with Crippen molar-refractivity contribution in [1.82, 2.24) is 0 Å². The van der Waals surface area contributed by atoms with E-state index in [2.05, 4.69) is 25.1 Å². The zero-order valence-corrected chi connectivity index (χ0v) is 10.5. The molecule has 0 amide bonds. The molecule has 1 aromatic rings. The Balaban J connectivity index is 0. The van der Waals surface area contributed by atoms with Crippen LogP contribution in [0.1, 0.15) is 12.5 Å². The summed E-state index contributed by atoms with van der Waals surface area (Å²) in [6.45, 7) is 2.15. The number of aryl methyl sites for hydroxylation is 1. The minimum atomic E-state index is -3.11. The summed E-state index contributed by atoms with van der Waals surface area (Å²) >= 11 is 0. The van der Waals surface area contributed by atoms with Gasteiger partial charge in [-0.25, -0.2) is 0 Å². The maximum absolute atomic E-state index is 8.44. The summed E-state index contributed by atoms with van der Waals surface area (Å²) in [7, 11) is -3.11. The summed E-state index contributed by atoms with van der Waals surface area (Å²) in [4.78, 5) is 0. The molecule has 0 aliphatic heterocycles. The van der Waals surface area contributed by atoms with Crippen LogP contribution in [0, 0.1) is 6.07 Å². The van der Waals surface area contributed by atoms with Crippen LogP contribution in [0.25, 0.3) is 0 Å². The summed E-state index contributed by atoms with van der Waals surface area (Å²) in [5.41, 5.74) is 1.38. The summed E-state index contributed by atoms with van der Waals surface area (Å²) in [6.07, 6.45) is 1.12. The van der Waals surface area contributed by atoms with Crippen LogP contribution in [0.3, 0.4) is 0 Å². The molecule has 1 aromatic carbocycles. The van der Waals surface area contributed by atoms with Crippen LogP contribution in [0.5, 0.6) is 0 Å². The Hall–Kier alpha value is -0.160. The number of rotatable bonds is 1. The topological polar surface area (TPSA) is 51.2 Å². The van der Waals surface area contributed by atoms with Crippen molar-refractivity contribution >= 4 is 10.6 Å². The van der Waals surface area contributed by atoms with Crippen LogP contribution in [0.2, 0.25) is 0 Å². The van der Waals surface area contributed by atoms with Gasteiger partial charge in [0.1, 0.15) is 0 Å². The Kier molecular flexibility index (Phi) is 11.7. The van der Waals surface area contributed by atoms with Crippen molar-refractivity contribution < 1.29 is 42.2 Å². The molecule has 1 rings (SSSR count). The van der Waals surface area contributed by atoms with Crippen molar-refractivity contribution in [2.45, 2.75) is 13.3 Å². The summed E-state index contributed by atoms with van der Waals surface area (Å²) in [6, 6.07) is 11.0. The second kappa shape index (κ2) is 9.92. The van der Waals surface area contributed by atoms with Gasteiger partial charge in [0.2, 0.25) is 0 Å². The first kappa shape index (κ1) is 15.3. The van der Waals surface area contributed by atoms with Crippen LogP contribution >= 0.6 is 0 Å². The molecule has 5 heteroatoms. The van der Waals surface area contributed by atoms with Crippen molar-refractivity contribution in [2.24, 2.45) is 0 Å². The van der Waals surface area contributed by atoms with E-state index in [0.29, 0.717) is 0 Å². The first-order chi connectivity index (χ1) is 5.66. The van der Waals surface area contributed by atoms with Gasteiger partial charge in [0, 0.05) is 0 Å². The maximum atomic E-state index is 8.44. The molecule has 0 unspecified atom stereocenters. The molecule has 0 atom stereocenters. The molecule has 13 heavy (non-hydrogen) atoms. The number of hydrogen-bond acceptors (Lipinski definition) is 3. The van der Waals surface area contributed by atoms with Gasteiger partial charge in [0.05, 0.1) is 0 Å². The van der Waals surface area contributed by atoms with E-state index in [-0.39, 0.29) is 29.6 Å². The molecule has 0 N–H and O–H groups in total. The number of hydrogen-bond donors (Lipinski definition) is 0. The molecule has 3 nitrogen and oxygen atoms in total. The SMILES string of the molecule is CCc1cc[c-]cc1.O=S(=O)=O.[Na+]. The van der Waals surface area contributed by atoms with Crippen molar-refractivity contribution in [1.29, 1.82) is 0 Å². The minimum absolute atomic E-state index is 0. The van der Waals surface area contributed by atoms with Gasteiger partial charge >= 0.3 is 40.2 Å². The Bertz CT molecular complexity index is 299. The molecule has 0 saturated carbocycles. The molecule has 0 radical (unpaired) electrons. The van der Waals surface area contributed by atoms with Gasteiger partial charge in [-0.15, -0.1) is 12.6 Å². The van der Waals surface area contributed by atoms with Gasteiger partial charge in [-0.05, 0) is 0 Å². The van der Waals surface area contributed by atoms with E-state index in [4.69, 9.17) is 12.6 Å². The van der Waals surface area contributed by atoms with Crippen molar-refractivity contribution in [3.05, 3.63) is 35.9 Å². The van der Waals surface area contributed by atoms with Gasteiger partial charge < -0.3 is 0 Å².